The molecule has 3 aliphatic rings. The van der Waals surface area contributed by atoms with E-state index in [-0.39, 0.29) is 0 Å². The van der Waals surface area contributed by atoms with Gasteiger partial charge in [0.25, 0.3) is 0 Å². The lowest BCUT2D eigenvalue weighted by Gasteiger charge is -2.20. The molecule has 3 atom stereocenters. The normalized spacial score (nSPS) is 31.9. The highest BCUT2D eigenvalue weighted by atomic mass is 32.1. The summed E-state index contributed by atoms with van der Waals surface area (Å²) in [5, 5.41) is 13.9. The molecule has 0 spiro atoms. The number of carboxylic acid groups (broad SMARTS) is 1. The number of carbonyl (C=O) groups is 1. The van der Waals surface area contributed by atoms with Crippen molar-refractivity contribution in [1.82, 2.24) is 9.88 Å². The van der Waals surface area contributed by atoms with E-state index in [9.17, 15) is 9.90 Å². The van der Waals surface area contributed by atoms with E-state index >= 15 is 0 Å². The number of rotatable bonds is 3. The average molecular weight is 307 g/mol. The lowest BCUT2D eigenvalue weighted by molar-refractivity contribution is -0.139. The van der Waals surface area contributed by atoms with Crippen LogP contribution in [-0.4, -0.2) is 46.1 Å². The van der Waals surface area contributed by atoms with Crippen molar-refractivity contribution in [2.45, 2.75) is 56.5 Å². The highest BCUT2D eigenvalue weighted by Crippen LogP contribution is 2.38. The number of nitrogens with zero attached hydrogens (tertiary/aromatic N) is 2. The molecule has 0 radical (unpaired) electrons. The molecule has 114 valence electrons. The van der Waals surface area contributed by atoms with Crippen molar-refractivity contribution in [3.05, 3.63) is 10.6 Å². The molecule has 0 saturated carbocycles. The quantitative estimate of drug-likeness (QED) is 0.897. The molecule has 5 nitrogen and oxygen atoms in total. The molecule has 0 aromatic carbocycles. The first-order chi connectivity index (χ1) is 10.2. The average Bonchev–Trinajstić information content (AvgIpc) is 3.14. The van der Waals surface area contributed by atoms with E-state index < -0.39 is 11.9 Å². The Morgan fingerprint density at radius 3 is 3.05 bits per heavy atom. The molecule has 6 heteroatoms. The second kappa shape index (κ2) is 5.25. The van der Waals surface area contributed by atoms with E-state index in [0.717, 1.165) is 30.1 Å². The number of hydrogen-bond acceptors (Lipinski definition) is 5. The van der Waals surface area contributed by atoms with E-state index in [0.29, 0.717) is 12.1 Å². The first-order valence-corrected chi connectivity index (χ1v) is 8.77. The van der Waals surface area contributed by atoms with Crippen molar-refractivity contribution in [3.8, 4) is 0 Å². The Morgan fingerprint density at radius 2 is 2.19 bits per heavy atom. The third-order valence-electron chi connectivity index (χ3n) is 5.17. The highest BCUT2D eigenvalue weighted by Gasteiger charge is 2.38. The minimum absolute atomic E-state index is 0.396. The van der Waals surface area contributed by atoms with Gasteiger partial charge >= 0.3 is 5.97 Å². The second-order valence-corrected chi connectivity index (χ2v) is 7.48. The molecule has 2 N–H and O–H groups in total. The van der Waals surface area contributed by atoms with Crippen LogP contribution in [0.2, 0.25) is 0 Å². The molecule has 21 heavy (non-hydrogen) atoms. The SMILES string of the molecule is O=C(O)C1CCCc2sc(NC3CCN4CCCC34)nc21. The summed E-state index contributed by atoms with van der Waals surface area (Å²) in [4.78, 5) is 19.8. The van der Waals surface area contributed by atoms with Crippen molar-refractivity contribution in [3.63, 3.8) is 0 Å². The van der Waals surface area contributed by atoms with Crippen molar-refractivity contribution in [2.24, 2.45) is 0 Å². The van der Waals surface area contributed by atoms with E-state index in [1.807, 2.05) is 0 Å². The molecule has 1 aromatic rings. The number of aromatic nitrogens is 1. The Morgan fingerprint density at radius 1 is 1.29 bits per heavy atom. The van der Waals surface area contributed by atoms with Crippen molar-refractivity contribution >= 4 is 22.4 Å². The van der Waals surface area contributed by atoms with Crippen LogP contribution in [0.1, 0.15) is 48.6 Å². The van der Waals surface area contributed by atoms with Crippen LogP contribution in [0.5, 0.6) is 0 Å². The summed E-state index contributed by atoms with van der Waals surface area (Å²) in [7, 11) is 0. The summed E-state index contributed by atoms with van der Waals surface area (Å²) in [5.74, 6) is -1.12. The maximum atomic E-state index is 11.4. The topological polar surface area (TPSA) is 65.5 Å². The summed E-state index contributed by atoms with van der Waals surface area (Å²) >= 11 is 1.67. The fourth-order valence-electron chi connectivity index (χ4n) is 4.13. The number of fused-ring (bicyclic) bond motifs is 2. The zero-order valence-electron chi connectivity index (χ0n) is 12.0. The summed E-state index contributed by atoms with van der Waals surface area (Å²) in [5.41, 5.74) is 0.822. The third kappa shape index (κ3) is 2.34. The van der Waals surface area contributed by atoms with E-state index in [1.54, 1.807) is 11.3 Å². The standard InChI is InChI=1S/C15H21N3O2S/c19-14(20)9-3-1-5-12-13(9)17-15(21-12)16-10-6-8-18-7-2-4-11(10)18/h9-11H,1-8H2,(H,16,17)(H,19,20). The number of hydrogen-bond donors (Lipinski definition) is 2. The number of nitrogens with one attached hydrogen (secondary N) is 1. The fourth-order valence-corrected chi connectivity index (χ4v) is 5.26. The van der Waals surface area contributed by atoms with Crippen LogP contribution < -0.4 is 5.32 Å². The largest absolute Gasteiger partial charge is 0.481 e. The van der Waals surface area contributed by atoms with Gasteiger partial charge < -0.3 is 10.4 Å². The van der Waals surface area contributed by atoms with Crippen molar-refractivity contribution in [2.75, 3.05) is 18.4 Å². The Hall–Kier alpha value is -1.14. The van der Waals surface area contributed by atoms with Crippen LogP contribution in [0.25, 0.3) is 0 Å². The summed E-state index contributed by atoms with van der Waals surface area (Å²) in [6.07, 6.45) is 6.44. The molecule has 4 rings (SSSR count). The maximum Gasteiger partial charge on any atom is 0.312 e. The predicted octanol–water partition coefficient (Wildman–Crippen LogP) is 2.30. The van der Waals surface area contributed by atoms with Gasteiger partial charge in [0.15, 0.2) is 5.13 Å². The van der Waals surface area contributed by atoms with Gasteiger partial charge in [-0.05, 0) is 45.1 Å². The minimum Gasteiger partial charge on any atom is -0.481 e. The molecule has 0 bridgehead atoms. The van der Waals surface area contributed by atoms with Crippen LogP contribution in [0.15, 0.2) is 0 Å². The number of aryl methyl sites for hydroxylation is 1. The minimum atomic E-state index is -0.726. The molecule has 0 amide bonds. The summed E-state index contributed by atoms with van der Waals surface area (Å²) in [6.45, 7) is 2.42. The van der Waals surface area contributed by atoms with Gasteiger partial charge in [0.2, 0.25) is 0 Å². The number of anilines is 1. The molecular formula is C15H21N3O2S. The van der Waals surface area contributed by atoms with Gasteiger partial charge in [0.1, 0.15) is 5.92 Å². The van der Waals surface area contributed by atoms with Crippen LogP contribution in [-0.2, 0) is 11.2 Å². The molecule has 1 aromatic heterocycles. The lowest BCUT2D eigenvalue weighted by atomic mass is 9.91. The second-order valence-electron chi connectivity index (χ2n) is 6.40. The van der Waals surface area contributed by atoms with E-state index in [1.165, 1.54) is 37.2 Å². The Balaban J connectivity index is 1.53. The van der Waals surface area contributed by atoms with E-state index in [2.05, 4.69) is 15.2 Å². The van der Waals surface area contributed by atoms with Gasteiger partial charge in [-0.3, -0.25) is 9.69 Å². The number of aliphatic carboxylic acids is 1. The van der Waals surface area contributed by atoms with Gasteiger partial charge in [-0.2, -0.15) is 0 Å². The molecule has 2 fully saturated rings. The molecule has 3 heterocycles. The van der Waals surface area contributed by atoms with Gasteiger partial charge in [-0.1, -0.05) is 0 Å². The van der Waals surface area contributed by atoms with Crippen LogP contribution in [0, 0.1) is 0 Å². The first-order valence-electron chi connectivity index (χ1n) is 7.95. The number of carboxylic acids is 1. The van der Waals surface area contributed by atoms with Crippen LogP contribution >= 0.6 is 11.3 Å². The first kappa shape index (κ1) is 13.5. The van der Waals surface area contributed by atoms with Gasteiger partial charge in [-0.15, -0.1) is 11.3 Å². The zero-order chi connectivity index (χ0) is 14.4. The Bertz CT molecular complexity index is 559. The monoisotopic (exact) mass is 307 g/mol. The number of thiazole rings is 1. The summed E-state index contributed by atoms with van der Waals surface area (Å²) < 4.78 is 0. The van der Waals surface area contributed by atoms with Crippen molar-refractivity contribution < 1.29 is 9.90 Å². The fraction of sp³-hybridized carbons (Fsp3) is 0.733. The highest BCUT2D eigenvalue weighted by molar-refractivity contribution is 7.15. The molecule has 3 unspecified atom stereocenters. The van der Waals surface area contributed by atoms with Gasteiger partial charge in [0, 0.05) is 23.5 Å². The molecule has 1 aliphatic carbocycles. The van der Waals surface area contributed by atoms with Crippen molar-refractivity contribution in [1.29, 1.82) is 0 Å². The molecule has 2 aliphatic heterocycles. The molecule has 2 saturated heterocycles. The van der Waals surface area contributed by atoms with Gasteiger partial charge in [-0.25, -0.2) is 4.98 Å². The van der Waals surface area contributed by atoms with Crippen LogP contribution in [0.4, 0.5) is 5.13 Å². The van der Waals surface area contributed by atoms with Gasteiger partial charge in [0.05, 0.1) is 5.69 Å². The predicted molar refractivity (Wildman–Crippen MR) is 82.1 cm³/mol. The Kier molecular flexibility index (Phi) is 3.38. The Labute approximate surface area is 128 Å². The maximum absolute atomic E-state index is 11.4. The van der Waals surface area contributed by atoms with Crippen LogP contribution in [0.3, 0.4) is 0 Å². The van der Waals surface area contributed by atoms with E-state index in [4.69, 9.17) is 0 Å². The smallest absolute Gasteiger partial charge is 0.312 e. The third-order valence-corrected chi connectivity index (χ3v) is 6.23. The zero-order valence-corrected chi connectivity index (χ0v) is 12.9. The summed E-state index contributed by atoms with van der Waals surface area (Å²) in [6, 6.07) is 1.14. The lowest BCUT2D eigenvalue weighted by Crippen LogP contribution is -2.33. The molecular weight excluding hydrogens is 286 g/mol.